The zero-order chi connectivity index (χ0) is 24.5. The maximum Gasteiger partial charge on any atom is 0.261 e. The maximum absolute atomic E-state index is 11.1. The van der Waals surface area contributed by atoms with Gasteiger partial charge in [0.2, 0.25) is 0 Å². The minimum atomic E-state index is -2.66. The van der Waals surface area contributed by atoms with Crippen molar-refractivity contribution in [2.45, 2.75) is 77.1 Å². The number of epoxide rings is 1. The zero-order valence-corrected chi connectivity index (χ0v) is 23.5. The van der Waals surface area contributed by atoms with Crippen LogP contribution in [0.3, 0.4) is 0 Å². The Hall–Kier alpha value is -1.69. The lowest BCUT2D eigenvalue weighted by Crippen LogP contribution is -2.67. The molecule has 0 amide bonds. The van der Waals surface area contributed by atoms with Gasteiger partial charge in [-0.25, -0.2) is 0 Å². The van der Waals surface area contributed by atoms with E-state index in [4.69, 9.17) is 9.16 Å². The Morgan fingerprint density at radius 3 is 1.85 bits per heavy atom. The van der Waals surface area contributed by atoms with Crippen LogP contribution >= 0.6 is 0 Å². The van der Waals surface area contributed by atoms with Gasteiger partial charge in [0.25, 0.3) is 8.32 Å². The van der Waals surface area contributed by atoms with Crippen LogP contribution in [-0.2, 0) is 9.16 Å². The molecule has 1 N–H and O–H groups in total. The van der Waals surface area contributed by atoms with E-state index in [1.807, 2.05) is 13.8 Å². The van der Waals surface area contributed by atoms with Crippen molar-refractivity contribution in [1.82, 2.24) is 0 Å². The van der Waals surface area contributed by atoms with Gasteiger partial charge in [-0.05, 0) is 21.3 Å². The first-order chi connectivity index (χ1) is 15.3. The normalized spacial score (nSPS) is 21.9. The summed E-state index contributed by atoms with van der Waals surface area (Å²) in [5, 5.41) is 13.4. The lowest BCUT2D eigenvalue weighted by atomic mass is 9.91. The minimum Gasteiger partial charge on any atom is -0.405 e. The Kier molecular flexibility index (Phi) is 7.48. The predicted octanol–water partition coefficient (Wildman–Crippen LogP) is 4.60. The highest BCUT2D eigenvalue weighted by Crippen LogP contribution is 2.44. The van der Waals surface area contributed by atoms with Crippen molar-refractivity contribution in [3.63, 3.8) is 0 Å². The third-order valence-electron chi connectivity index (χ3n) is 6.33. The summed E-state index contributed by atoms with van der Waals surface area (Å²) in [7, 11) is -4.27. The summed E-state index contributed by atoms with van der Waals surface area (Å²) in [5.74, 6) is 3.43. The topological polar surface area (TPSA) is 42.0 Å². The first kappa shape index (κ1) is 25.9. The largest absolute Gasteiger partial charge is 0.405 e. The fourth-order valence-corrected chi connectivity index (χ4v) is 9.67. The van der Waals surface area contributed by atoms with Gasteiger partial charge in [0.15, 0.2) is 5.60 Å². The second-order valence-corrected chi connectivity index (χ2v) is 20.6. The summed E-state index contributed by atoms with van der Waals surface area (Å²) < 4.78 is 13.3. The van der Waals surface area contributed by atoms with E-state index in [9.17, 15) is 5.11 Å². The average molecular weight is 481 g/mol. The fourth-order valence-electron chi connectivity index (χ4n) is 4.55. The maximum atomic E-state index is 11.1. The van der Waals surface area contributed by atoms with Gasteiger partial charge in [0, 0.05) is 0 Å². The van der Waals surface area contributed by atoms with Gasteiger partial charge in [-0.1, -0.05) is 121 Å². The Balaban J connectivity index is 2.01. The van der Waals surface area contributed by atoms with Gasteiger partial charge in [0.1, 0.15) is 14.2 Å². The molecule has 0 unspecified atom stereocenters. The van der Waals surface area contributed by atoms with Gasteiger partial charge < -0.3 is 14.3 Å². The molecule has 3 atom stereocenters. The molecule has 1 fully saturated rings. The molecule has 3 rings (SSSR count). The third-order valence-corrected chi connectivity index (χ3v) is 12.2. The first-order valence-corrected chi connectivity index (χ1v) is 17.4. The second-order valence-electron chi connectivity index (χ2n) is 11.6. The van der Waals surface area contributed by atoms with Crippen molar-refractivity contribution < 1.29 is 14.3 Å². The van der Waals surface area contributed by atoms with Gasteiger partial charge in [0.05, 0.1) is 12.7 Å². The van der Waals surface area contributed by atoms with Crippen LogP contribution in [0.4, 0.5) is 0 Å². The Labute approximate surface area is 202 Å². The smallest absolute Gasteiger partial charge is 0.261 e. The summed E-state index contributed by atoms with van der Waals surface area (Å²) >= 11 is 0. The number of aliphatic hydroxyl groups is 1. The average Bonchev–Trinajstić information content (AvgIpc) is 3.46. The van der Waals surface area contributed by atoms with E-state index >= 15 is 0 Å². The van der Waals surface area contributed by atoms with Gasteiger partial charge in [-0.3, -0.25) is 0 Å². The molecule has 33 heavy (non-hydrogen) atoms. The number of hydrogen-bond acceptors (Lipinski definition) is 3. The van der Waals surface area contributed by atoms with Crippen molar-refractivity contribution in [2.24, 2.45) is 5.92 Å². The van der Waals surface area contributed by atoms with Crippen LogP contribution in [0, 0.1) is 17.4 Å². The molecular formula is C28H40O3Si2. The fraction of sp³-hybridized carbons (Fsp3) is 0.500. The monoisotopic (exact) mass is 480 g/mol. The Bertz CT molecular complexity index is 942. The number of hydrogen-bond donors (Lipinski definition) is 1. The molecule has 3 nitrogen and oxygen atoms in total. The van der Waals surface area contributed by atoms with Crippen molar-refractivity contribution >= 4 is 26.8 Å². The van der Waals surface area contributed by atoms with Crippen molar-refractivity contribution in [1.29, 1.82) is 0 Å². The number of ether oxygens (including phenoxy) is 1. The molecule has 1 heterocycles. The number of aliphatic hydroxyl groups excluding tert-OH is 1. The molecule has 0 aromatic heterocycles. The lowest BCUT2D eigenvalue weighted by Gasteiger charge is -2.43. The number of benzene rings is 2. The van der Waals surface area contributed by atoms with Crippen LogP contribution < -0.4 is 10.4 Å². The minimum absolute atomic E-state index is 0.0544. The van der Waals surface area contributed by atoms with Crippen molar-refractivity contribution in [3.05, 3.63) is 60.7 Å². The standard InChI is InChI=1S/C28H40O3Si2/c1-22(2)26(29)28(19-20-32(6,7)8)25(31-28)21-30-33(27(3,4)5,23-15-11-9-12-16-23)24-17-13-10-14-18-24/h9-18,22,25-26,29H,21H2,1-8H3/t25-,26+,28+/m1/s1. The highest BCUT2D eigenvalue weighted by atomic mass is 28.4. The van der Waals surface area contributed by atoms with E-state index < -0.39 is 28.1 Å². The molecule has 0 bridgehead atoms. The molecule has 1 aliphatic heterocycles. The summed E-state index contributed by atoms with van der Waals surface area (Å²) in [6.45, 7) is 17.9. The summed E-state index contributed by atoms with van der Waals surface area (Å²) in [6.07, 6.45) is -0.880. The van der Waals surface area contributed by atoms with Crippen LogP contribution in [0.15, 0.2) is 60.7 Å². The van der Waals surface area contributed by atoms with Crippen LogP contribution in [0.5, 0.6) is 0 Å². The van der Waals surface area contributed by atoms with Gasteiger partial charge >= 0.3 is 0 Å². The molecule has 0 spiro atoms. The van der Waals surface area contributed by atoms with E-state index in [0.717, 1.165) is 0 Å². The summed E-state index contributed by atoms with van der Waals surface area (Å²) in [4.78, 5) is 0. The van der Waals surface area contributed by atoms with E-state index in [1.165, 1.54) is 10.4 Å². The molecule has 2 aromatic rings. The van der Waals surface area contributed by atoms with E-state index in [0.29, 0.717) is 6.61 Å². The highest BCUT2D eigenvalue weighted by Gasteiger charge is 2.63. The Morgan fingerprint density at radius 2 is 1.45 bits per heavy atom. The zero-order valence-electron chi connectivity index (χ0n) is 21.5. The molecule has 178 valence electrons. The van der Waals surface area contributed by atoms with Crippen LogP contribution in [0.25, 0.3) is 0 Å². The van der Waals surface area contributed by atoms with Gasteiger partial charge in [-0.2, -0.15) is 0 Å². The molecule has 2 aromatic carbocycles. The van der Waals surface area contributed by atoms with Crippen LogP contribution in [0.1, 0.15) is 34.6 Å². The molecule has 0 aliphatic carbocycles. The third kappa shape index (κ3) is 5.36. The molecule has 1 saturated heterocycles. The van der Waals surface area contributed by atoms with Crippen LogP contribution in [0.2, 0.25) is 24.7 Å². The van der Waals surface area contributed by atoms with Crippen molar-refractivity contribution in [2.75, 3.05) is 6.61 Å². The molecule has 0 saturated carbocycles. The summed E-state index contributed by atoms with van der Waals surface area (Å²) in [6, 6.07) is 21.2. The molecule has 1 aliphatic rings. The molecular weight excluding hydrogens is 440 g/mol. The van der Waals surface area contributed by atoms with E-state index in [-0.39, 0.29) is 17.1 Å². The van der Waals surface area contributed by atoms with E-state index in [2.05, 4.69) is 113 Å². The van der Waals surface area contributed by atoms with Gasteiger partial charge in [-0.15, -0.1) is 5.54 Å². The number of rotatable bonds is 7. The van der Waals surface area contributed by atoms with E-state index in [1.54, 1.807) is 0 Å². The highest BCUT2D eigenvalue weighted by molar-refractivity contribution is 6.99. The second kappa shape index (κ2) is 9.52. The first-order valence-electron chi connectivity index (χ1n) is 12.0. The lowest BCUT2D eigenvalue weighted by molar-refractivity contribution is 0.0649. The molecule has 5 heteroatoms. The Morgan fingerprint density at radius 1 is 0.970 bits per heavy atom. The summed E-state index contributed by atoms with van der Waals surface area (Å²) in [5.41, 5.74) is 2.61. The molecule has 0 radical (unpaired) electrons. The van der Waals surface area contributed by atoms with Crippen molar-refractivity contribution in [3.8, 4) is 11.5 Å². The quantitative estimate of drug-likeness (QED) is 0.358. The predicted molar refractivity (Wildman–Crippen MR) is 143 cm³/mol. The SMILES string of the molecule is CC(C)[C@H](O)[C@@]1(C#C[Si](C)(C)C)O[C@@H]1CO[Si](c1ccccc1)(c1ccccc1)C(C)(C)C. The van der Waals surface area contributed by atoms with Crippen LogP contribution in [-0.4, -0.2) is 45.9 Å².